The molecule has 0 aromatic carbocycles. The lowest BCUT2D eigenvalue weighted by Crippen LogP contribution is -2.23. The highest BCUT2D eigenvalue weighted by molar-refractivity contribution is 5.18. The standard InChI is InChI=1S/C9H13FN2/c1-6(7(2)11)8-3-4-12-5-9(8)10/h3-7H,11H2,1-2H3. The number of nitrogens with two attached hydrogens (primary N) is 1. The van der Waals surface area contributed by atoms with Crippen molar-refractivity contribution in [3.05, 3.63) is 29.8 Å². The predicted molar refractivity (Wildman–Crippen MR) is 46.3 cm³/mol. The van der Waals surface area contributed by atoms with Gasteiger partial charge in [-0.1, -0.05) is 6.92 Å². The maximum absolute atomic E-state index is 13.1. The van der Waals surface area contributed by atoms with Gasteiger partial charge in [0.05, 0.1) is 6.20 Å². The second-order valence-corrected chi connectivity index (χ2v) is 3.04. The van der Waals surface area contributed by atoms with Gasteiger partial charge in [0.2, 0.25) is 0 Å². The Bertz CT molecular complexity index is 260. The number of halogens is 1. The van der Waals surface area contributed by atoms with Crippen LogP contribution in [0.15, 0.2) is 18.5 Å². The first-order valence-corrected chi connectivity index (χ1v) is 3.98. The molecule has 66 valence electrons. The van der Waals surface area contributed by atoms with Crippen LogP contribution in [0, 0.1) is 5.82 Å². The van der Waals surface area contributed by atoms with E-state index < -0.39 is 0 Å². The summed E-state index contributed by atoms with van der Waals surface area (Å²) in [5.41, 5.74) is 6.29. The summed E-state index contributed by atoms with van der Waals surface area (Å²) in [4.78, 5) is 3.67. The molecule has 2 atom stereocenters. The van der Waals surface area contributed by atoms with E-state index in [4.69, 9.17) is 5.73 Å². The molecule has 0 radical (unpaired) electrons. The summed E-state index contributed by atoms with van der Waals surface area (Å²) < 4.78 is 13.1. The zero-order chi connectivity index (χ0) is 9.14. The number of aromatic nitrogens is 1. The molecule has 0 aliphatic carbocycles. The van der Waals surface area contributed by atoms with Crippen LogP contribution in [0.2, 0.25) is 0 Å². The molecule has 1 aromatic heterocycles. The van der Waals surface area contributed by atoms with Gasteiger partial charge in [-0.15, -0.1) is 0 Å². The fourth-order valence-corrected chi connectivity index (χ4v) is 1.04. The van der Waals surface area contributed by atoms with Crippen LogP contribution in [0.25, 0.3) is 0 Å². The van der Waals surface area contributed by atoms with Gasteiger partial charge in [0.25, 0.3) is 0 Å². The summed E-state index contributed by atoms with van der Waals surface area (Å²) in [6.07, 6.45) is 2.80. The van der Waals surface area contributed by atoms with E-state index >= 15 is 0 Å². The molecule has 0 aliphatic rings. The van der Waals surface area contributed by atoms with Crippen molar-refractivity contribution in [2.24, 2.45) is 5.73 Å². The molecule has 3 heteroatoms. The molecule has 0 amide bonds. The Morgan fingerprint density at radius 2 is 2.17 bits per heavy atom. The molecule has 12 heavy (non-hydrogen) atoms. The highest BCUT2D eigenvalue weighted by Crippen LogP contribution is 2.19. The molecule has 0 saturated carbocycles. The van der Waals surface area contributed by atoms with Crippen LogP contribution >= 0.6 is 0 Å². The van der Waals surface area contributed by atoms with Crippen molar-refractivity contribution in [2.45, 2.75) is 25.8 Å². The summed E-state index contributed by atoms with van der Waals surface area (Å²) >= 11 is 0. The topological polar surface area (TPSA) is 38.9 Å². The molecular formula is C9H13FN2. The molecular weight excluding hydrogens is 155 g/mol. The molecule has 1 rings (SSSR count). The molecule has 0 saturated heterocycles. The van der Waals surface area contributed by atoms with Gasteiger partial charge in [0.1, 0.15) is 5.82 Å². The Kier molecular flexibility index (Phi) is 2.76. The molecule has 1 aromatic rings. The van der Waals surface area contributed by atoms with Crippen LogP contribution in [0.3, 0.4) is 0 Å². The monoisotopic (exact) mass is 168 g/mol. The minimum atomic E-state index is -0.276. The number of hydrogen-bond acceptors (Lipinski definition) is 2. The van der Waals surface area contributed by atoms with Crippen molar-refractivity contribution >= 4 is 0 Å². The van der Waals surface area contributed by atoms with Gasteiger partial charge in [0.15, 0.2) is 0 Å². The zero-order valence-corrected chi connectivity index (χ0v) is 7.29. The van der Waals surface area contributed by atoms with Crippen LogP contribution in [-0.2, 0) is 0 Å². The Morgan fingerprint density at radius 3 is 2.67 bits per heavy atom. The summed E-state index contributed by atoms with van der Waals surface area (Å²) in [5.74, 6) is -0.240. The average molecular weight is 168 g/mol. The van der Waals surface area contributed by atoms with E-state index in [2.05, 4.69) is 4.98 Å². The van der Waals surface area contributed by atoms with E-state index in [0.717, 1.165) is 0 Å². The van der Waals surface area contributed by atoms with Crippen LogP contribution in [0.5, 0.6) is 0 Å². The van der Waals surface area contributed by atoms with Gasteiger partial charge in [-0.25, -0.2) is 4.39 Å². The lowest BCUT2D eigenvalue weighted by molar-refractivity contribution is 0.546. The molecule has 0 aliphatic heterocycles. The van der Waals surface area contributed by atoms with Gasteiger partial charge in [-0.3, -0.25) is 4.98 Å². The lowest BCUT2D eigenvalue weighted by atomic mass is 9.96. The SMILES string of the molecule is CC(N)C(C)c1ccncc1F. The third-order valence-corrected chi connectivity index (χ3v) is 2.08. The van der Waals surface area contributed by atoms with Gasteiger partial charge in [-0.2, -0.15) is 0 Å². The van der Waals surface area contributed by atoms with Crippen molar-refractivity contribution in [3.63, 3.8) is 0 Å². The number of pyridine rings is 1. The quantitative estimate of drug-likeness (QED) is 0.729. The van der Waals surface area contributed by atoms with E-state index in [1.807, 2.05) is 13.8 Å². The molecule has 0 fully saturated rings. The maximum atomic E-state index is 13.1. The van der Waals surface area contributed by atoms with Crippen LogP contribution in [0.4, 0.5) is 4.39 Å². The van der Waals surface area contributed by atoms with Crippen molar-refractivity contribution in [2.75, 3.05) is 0 Å². The Balaban J connectivity index is 2.94. The largest absolute Gasteiger partial charge is 0.327 e. The highest BCUT2D eigenvalue weighted by atomic mass is 19.1. The van der Waals surface area contributed by atoms with E-state index in [1.165, 1.54) is 6.20 Å². The van der Waals surface area contributed by atoms with Crippen molar-refractivity contribution in [1.82, 2.24) is 4.98 Å². The molecule has 2 nitrogen and oxygen atoms in total. The Hall–Kier alpha value is -0.960. The van der Waals surface area contributed by atoms with Crippen LogP contribution < -0.4 is 5.73 Å². The van der Waals surface area contributed by atoms with Gasteiger partial charge >= 0.3 is 0 Å². The molecule has 2 unspecified atom stereocenters. The number of nitrogens with zero attached hydrogens (tertiary/aromatic N) is 1. The zero-order valence-electron chi connectivity index (χ0n) is 7.29. The van der Waals surface area contributed by atoms with Crippen LogP contribution in [-0.4, -0.2) is 11.0 Å². The van der Waals surface area contributed by atoms with Crippen LogP contribution in [0.1, 0.15) is 25.3 Å². The summed E-state index contributed by atoms with van der Waals surface area (Å²) in [7, 11) is 0. The summed E-state index contributed by atoms with van der Waals surface area (Å²) in [6, 6.07) is 1.63. The number of hydrogen-bond donors (Lipinski definition) is 1. The van der Waals surface area contributed by atoms with E-state index in [-0.39, 0.29) is 17.8 Å². The van der Waals surface area contributed by atoms with Crippen molar-refractivity contribution in [1.29, 1.82) is 0 Å². The molecule has 0 spiro atoms. The normalized spacial score (nSPS) is 15.7. The molecule has 2 N–H and O–H groups in total. The second-order valence-electron chi connectivity index (χ2n) is 3.04. The highest BCUT2D eigenvalue weighted by Gasteiger charge is 2.13. The summed E-state index contributed by atoms with van der Waals surface area (Å²) in [5, 5.41) is 0. The molecule has 0 bridgehead atoms. The van der Waals surface area contributed by atoms with Gasteiger partial charge < -0.3 is 5.73 Å². The third-order valence-electron chi connectivity index (χ3n) is 2.08. The van der Waals surface area contributed by atoms with Gasteiger partial charge in [0, 0.05) is 12.2 Å². The predicted octanol–water partition coefficient (Wildman–Crippen LogP) is 1.67. The maximum Gasteiger partial charge on any atom is 0.144 e. The first-order chi connectivity index (χ1) is 5.63. The van der Waals surface area contributed by atoms with E-state index in [1.54, 1.807) is 12.3 Å². The fraction of sp³-hybridized carbons (Fsp3) is 0.444. The summed E-state index contributed by atoms with van der Waals surface area (Å²) in [6.45, 7) is 3.77. The first kappa shape index (κ1) is 9.13. The third kappa shape index (κ3) is 1.80. The lowest BCUT2D eigenvalue weighted by Gasteiger charge is -2.15. The fourth-order valence-electron chi connectivity index (χ4n) is 1.04. The Labute approximate surface area is 71.6 Å². The second kappa shape index (κ2) is 3.63. The minimum Gasteiger partial charge on any atom is -0.327 e. The van der Waals surface area contributed by atoms with Crippen molar-refractivity contribution < 1.29 is 4.39 Å². The molecule has 1 heterocycles. The van der Waals surface area contributed by atoms with Gasteiger partial charge in [-0.05, 0) is 24.5 Å². The minimum absolute atomic E-state index is 0.0352. The first-order valence-electron chi connectivity index (χ1n) is 3.98. The van der Waals surface area contributed by atoms with E-state index in [0.29, 0.717) is 5.56 Å². The smallest absolute Gasteiger partial charge is 0.144 e. The Morgan fingerprint density at radius 1 is 1.50 bits per heavy atom. The average Bonchev–Trinajstić information content (AvgIpc) is 2.04. The van der Waals surface area contributed by atoms with Crippen molar-refractivity contribution in [3.8, 4) is 0 Å². The number of rotatable bonds is 2. The van der Waals surface area contributed by atoms with E-state index in [9.17, 15) is 4.39 Å².